The molecule has 3 rings (SSSR count). The largest absolute Gasteiger partial charge is 0.357 e. The molecular formula is C17H21F2N5S. The van der Waals surface area contributed by atoms with Crippen LogP contribution in [0.3, 0.4) is 0 Å². The zero-order valence-corrected chi connectivity index (χ0v) is 14.9. The Hall–Kier alpha value is -1.96. The summed E-state index contributed by atoms with van der Waals surface area (Å²) in [4.78, 5) is 13.0. The van der Waals surface area contributed by atoms with Gasteiger partial charge in [-0.25, -0.2) is 8.78 Å². The SMILES string of the molecule is CNc1nc(NC2CCCCC2)nc(SCc2c(F)cccc2F)n1. The Kier molecular flexibility index (Phi) is 6.01. The molecule has 0 saturated heterocycles. The van der Waals surface area contributed by atoms with Crippen molar-refractivity contribution < 1.29 is 8.78 Å². The average Bonchev–Trinajstić information content (AvgIpc) is 2.62. The van der Waals surface area contributed by atoms with Crippen molar-refractivity contribution in [3.63, 3.8) is 0 Å². The van der Waals surface area contributed by atoms with Crippen LogP contribution in [0.4, 0.5) is 20.7 Å². The molecule has 2 aromatic rings. The van der Waals surface area contributed by atoms with E-state index >= 15 is 0 Å². The molecule has 1 heterocycles. The zero-order valence-electron chi connectivity index (χ0n) is 14.1. The second kappa shape index (κ2) is 8.42. The van der Waals surface area contributed by atoms with E-state index < -0.39 is 11.6 Å². The molecule has 0 spiro atoms. The number of aromatic nitrogens is 3. The lowest BCUT2D eigenvalue weighted by Gasteiger charge is -2.22. The molecule has 0 bridgehead atoms. The van der Waals surface area contributed by atoms with Crippen molar-refractivity contribution in [1.29, 1.82) is 0 Å². The number of halogens is 2. The summed E-state index contributed by atoms with van der Waals surface area (Å²) in [6.45, 7) is 0. The number of rotatable bonds is 6. The van der Waals surface area contributed by atoms with Gasteiger partial charge < -0.3 is 10.6 Å². The van der Waals surface area contributed by atoms with E-state index in [1.807, 2.05) is 0 Å². The maximum atomic E-state index is 13.8. The van der Waals surface area contributed by atoms with Crippen molar-refractivity contribution in [3.05, 3.63) is 35.4 Å². The Labute approximate surface area is 150 Å². The summed E-state index contributed by atoms with van der Waals surface area (Å²) in [6, 6.07) is 4.22. The summed E-state index contributed by atoms with van der Waals surface area (Å²) in [5.41, 5.74) is 0.0284. The van der Waals surface area contributed by atoms with Gasteiger partial charge in [0, 0.05) is 24.4 Å². The predicted molar refractivity (Wildman–Crippen MR) is 95.8 cm³/mol. The van der Waals surface area contributed by atoms with Gasteiger partial charge in [-0.15, -0.1) is 0 Å². The highest BCUT2D eigenvalue weighted by Crippen LogP contribution is 2.26. The molecule has 1 aromatic heterocycles. The average molecular weight is 365 g/mol. The van der Waals surface area contributed by atoms with Gasteiger partial charge >= 0.3 is 0 Å². The smallest absolute Gasteiger partial charge is 0.228 e. The van der Waals surface area contributed by atoms with Crippen molar-refractivity contribution >= 4 is 23.7 Å². The van der Waals surface area contributed by atoms with E-state index in [0.717, 1.165) is 12.8 Å². The van der Waals surface area contributed by atoms with Crippen molar-refractivity contribution in [1.82, 2.24) is 15.0 Å². The maximum Gasteiger partial charge on any atom is 0.228 e. The molecule has 2 N–H and O–H groups in total. The molecule has 1 fully saturated rings. The van der Waals surface area contributed by atoms with E-state index in [1.54, 1.807) is 7.05 Å². The highest BCUT2D eigenvalue weighted by molar-refractivity contribution is 7.98. The molecule has 0 aliphatic heterocycles. The molecule has 1 saturated carbocycles. The predicted octanol–water partition coefficient (Wildman–Crippen LogP) is 4.23. The van der Waals surface area contributed by atoms with Gasteiger partial charge in [0.15, 0.2) is 5.16 Å². The van der Waals surface area contributed by atoms with Gasteiger partial charge in [0.1, 0.15) is 11.6 Å². The van der Waals surface area contributed by atoms with Gasteiger partial charge in [-0.05, 0) is 25.0 Å². The number of benzene rings is 1. The quantitative estimate of drug-likeness (QED) is 0.747. The summed E-state index contributed by atoms with van der Waals surface area (Å²) in [5, 5.41) is 6.69. The summed E-state index contributed by atoms with van der Waals surface area (Å²) in [6.07, 6.45) is 5.88. The van der Waals surface area contributed by atoms with Crippen LogP contribution in [0.25, 0.3) is 0 Å². The van der Waals surface area contributed by atoms with Crippen molar-refractivity contribution in [3.8, 4) is 0 Å². The van der Waals surface area contributed by atoms with Gasteiger partial charge in [0.25, 0.3) is 0 Å². The molecule has 0 unspecified atom stereocenters. The number of nitrogens with zero attached hydrogens (tertiary/aromatic N) is 3. The standard InChI is InChI=1S/C17H21F2N5S/c1-20-15-22-16(21-11-6-3-2-4-7-11)24-17(23-15)25-10-12-13(18)8-5-9-14(12)19/h5,8-9,11H,2-4,6-7,10H2,1H3,(H2,20,21,22,23,24). The molecule has 0 radical (unpaired) electrons. The molecule has 25 heavy (non-hydrogen) atoms. The second-order valence-corrected chi connectivity index (χ2v) is 6.93. The Bertz CT molecular complexity index is 702. The first-order valence-electron chi connectivity index (χ1n) is 8.42. The Morgan fingerprint density at radius 3 is 2.40 bits per heavy atom. The minimum absolute atomic E-state index is 0.0284. The van der Waals surface area contributed by atoms with E-state index in [1.165, 1.54) is 49.2 Å². The third-order valence-electron chi connectivity index (χ3n) is 4.18. The molecule has 1 aliphatic carbocycles. The fourth-order valence-corrected chi connectivity index (χ4v) is 3.69. The summed E-state index contributed by atoms with van der Waals surface area (Å²) in [7, 11) is 1.73. The van der Waals surface area contributed by atoms with Crippen LogP contribution in [0, 0.1) is 11.6 Å². The van der Waals surface area contributed by atoms with Gasteiger partial charge in [-0.2, -0.15) is 15.0 Å². The van der Waals surface area contributed by atoms with Crippen LogP contribution in [0.1, 0.15) is 37.7 Å². The van der Waals surface area contributed by atoms with E-state index in [4.69, 9.17) is 0 Å². The molecule has 0 atom stereocenters. The van der Waals surface area contributed by atoms with E-state index in [-0.39, 0.29) is 11.3 Å². The van der Waals surface area contributed by atoms with Crippen LogP contribution < -0.4 is 10.6 Å². The fraction of sp³-hybridized carbons (Fsp3) is 0.471. The second-order valence-electron chi connectivity index (χ2n) is 5.98. The van der Waals surface area contributed by atoms with Crippen LogP contribution in [0.15, 0.2) is 23.4 Å². The lowest BCUT2D eigenvalue weighted by molar-refractivity contribution is 0.460. The zero-order chi connectivity index (χ0) is 17.6. The normalized spacial score (nSPS) is 15.2. The summed E-state index contributed by atoms with van der Waals surface area (Å²) < 4.78 is 27.5. The molecule has 134 valence electrons. The van der Waals surface area contributed by atoms with Gasteiger partial charge in [0.05, 0.1) is 0 Å². The van der Waals surface area contributed by atoms with E-state index in [9.17, 15) is 8.78 Å². The minimum atomic E-state index is -0.559. The summed E-state index contributed by atoms with van der Waals surface area (Å²) >= 11 is 1.19. The topological polar surface area (TPSA) is 62.7 Å². The molecule has 1 aromatic carbocycles. The van der Waals surface area contributed by atoms with E-state index in [0.29, 0.717) is 23.1 Å². The Morgan fingerprint density at radius 1 is 1.04 bits per heavy atom. The number of hydrogen-bond donors (Lipinski definition) is 2. The van der Waals surface area contributed by atoms with Crippen molar-refractivity contribution in [2.45, 2.75) is 49.1 Å². The lowest BCUT2D eigenvalue weighted by Crippen LogP contribution is -2.24. The number of anilines is 2. The Balaban J connectivity index is 1.73. The number of nitrogens with one attached hydrogen (secondary N) is 2. The molecule has 1 aliphatic rings. The first-order valence-corrected chi connectivity index (χ1v) is 9.40. The first-order chi connectivity index (χ1) is 12.2. The number of hydrogen-bond acceptors (Lipinski definition) is 6. The first kappa shape index (κ1) is 17.8. The monoisotopic (exact) mass is 365 g/mol. The Morgan fingerprint density at radius 2 is 1.72 bits per heavy atom. The molecule has 5 nitrogen and oxygen atoms in total. The van der Waals surface area contributed by atoms with E-state index in [2.05, 4.69) is 25.6 Å². The fourth-order valence-electron chi connectivity index (χ4n) is 2.83. The number of thioether (sulfide) groups is 1. The van der Waals surface area contributed by atoms with Crippen LogP contribution in [0.5, 0.6) is 0 Å². The van der Waals surface area contributed by atoms with Gasteiger partial charge in [-0.3, -0.25) is 0 Å². The third kappa shape index (κ3) is 4.78. The minimum Gasteiger partial charge on any atom is -0.357 e. The summed E-state index contributed by atoms with van der Waals surface area (Å²) in [5.74, 6) is -0.0615. The van der Waals surface area contributed by atoms with Crippen molar-refractivity contribution in [2.24, 2.45) is 0 Å². The van der Waals surface area contributed by atoms with Crippen LogP contribution in [-0.2, 0) is 5.75 Å². The lowest BCUT2D eigenvalue weighted by atomic mass is 9.96. The molecule has 0 amide bonds. The maximum absolute atomic E-state index is 13.8. The third-order valence-corrected chi connectivity index (χ3v) is 5.06. The highest BCUT2D eigenvalue weighted by atomic mass is 32.2. The van der Waals surface area contributed by atoms with Crippen LogP contribution >= 0.6 is 11.8 Å². The van der Waals surface area contributed by atoms with Crippen LogP contribution in [-0.4, -0.2) is 28.0 Å². The van der Waals surface area contributed by atoms with Gasteiger partial charge in [0.2, 0.25) is 11.9 Å². The van der Waals surface area contributed by atoms with Crippen LogP contribution in [0.2, 0.25) is 0 Å². The molecular weight excluding hydrogens is 344 g/mol. The highest BCUT2D eigenvalue weighted by Gasteiger charge is 2.16. The molecule has 8 heteroatoms. The van der Waals surface area contributed by atoms with Gasteiger partial charge in [-0.1, -0.05) is 37.1 Å². The van der Waals surface area contributed by atoms with Crippen molar-refractivity contribution in [2.75, 3.05) is 17.7 Å².